The van der Waals surface area contributed by atoms with Crippen molar-refractivity contribution in [3.05, 3.63) is 43.5 Å². The molecule has 0 aliphatic carbocycles. The molecule has 2 N–H and O–H groups in total. The zero-order valence-electron chi connectivity index (χ0n) is 25.6. The summed E-state index contributed by atoms with van der Waals surface area (Å²) in [6.45, 7) is 10.1. The van der Waals surface area contributed by atoms with Gasteiger partial charge in [-0.1, -0.05) is 37.6 Å². The fourth-order valence-electron chi connectivity index (χ4n) is 3.85. The molecule has 1 aliphatic rings. The molecule has 0 spiro atoms. The van der Waals surface area contributed by atoms with E-state index in [-0.39, 0.29) is 24.1 Å². The van der Waals surface area contributed by atoms with Crippen LogP contribution < -0.4 is 16.3 Å². The fourth-order valence-corrected chi connectivity index (χ4v) is 6.24. The molecule has 2 heterocycles. The third-order valence-electron chi connectivity index (χ3n) is 5.97. The fraction of sp³-hybridized carbons (Fsp3) is 0.720. The van der Waals surface area contributed by atoms with Gasteiger partial charge >= 0.3 is 25.4 Å². The molecule has 6 atom stereocenters. The van der Waals surface area contributed by atoms with Crippen LogP contribution in [0.2, 0.25) is 0 Å². The molecule has 1 aliphatic heterocycles. The van der Waals surface area contributed by atoms with Gasteiger partial charge in [-0.3, -0.25) is 37.8 Å². The Morgan fingerprint density at radius 1 is 1.23 bits per heavy atom. The van der Waals surface area contributed by atoms with E-state index in [2.05, 4.69) is 20.1 Å². The standard InChI is InChI=1S/C25H39N6O11PS/c1-14(2)41-22(34)15(3)29-43(37,39-10-11-44-23(35)25(5,6)7)40-13-18-17(12-38-16(4)32)20(28-30-26)21(42-18)31-9-8-19(33)27-24(31)36/h8-9,14-15,17-18,20-21H,10-13H2,1-7H3,(H,29,37)(H,27,33,36)/t15-,17+,18+,20?,21+,43-/m0/s1. The van der Waals surface area contributed by atoms with Gasteiger partial charge in [0.05, 0.1) is 38.1 Å². The molecular formula is C25H39N6O11PS. The van der Waals surface area contributed by atoms with Gasteiger partial charge in [-0.15, -0.1) is 0 Å². The quantitative estimate of drug-likeness (QED) is 0.0688. The van der Waals surface area contributed by atoms with Crippen LogP contribution in [0.3, 0.4) is 0 Å². The number of H-pyrrole nitrogens is 1. The maximum atomic E-state index is 13.9. The van der Waals surface area contributed by atoms with Crippen LogP contribution in [0, 0.1) is 11.3 Å². The first kappa shape index (κ1) is 37.2. The van der Waals surface area contributed by atoms with E-state index in [9.17, 15) is 34.1 Å². The van der Waals surface area contributed by atoms with Crippen molar-refractivity contribution < 1.29 is 42.2 Å². The monoisotopic (exact) mass is 662 g/mol. The lowest BCUT2D eigenvalue weighted by Gasteiger charge is -2.26. The summed E-state index contributed by atoms with van der Waals surface area (Å²) in [7, 11) is -4.32. The van der Waals surface area contributed by atoms with Crippen molar-refractivity contribution in [2.75, 3.05) is 25.6 Å². The highest BCUT2D eigenvalue weighted by Gasteiger charge is 2.47. The second-order valence-corrected chi connectivity index (χ2v) is 13.9. The number of carbonyl (C=O) groups excluding carboxylic acids is 3. The lowest BCUT2D eigenvalue weighted by molar-refractivity contribution is -0.149. The molecule has 1 aromatic rings. The summed E-state index contributed by atoms with van der Waals surface area (Å²) in [5, 5.41) is 6.15. The van der Waals surface area contributed by atoms with Crippen LogP contribution in [0.25, 0.3) is 10.4 Å². The summed E-state index contributed by atoms with van der Waals surface area (Å²) in [4.78, 5) is 65.4. The summed E-state index contributed by atoms with van der Waals surface area (Å²) in [5.41, 5.74) is 7.11. The SMILES string of the molecule is CC(=O)OC[C@H]1C(N=[N+]=[N-])[C@H](n2ccc(=O)[nH]c2=O)O[C@@H]1CO[P@](=O)(N[C@@H](C)C(=O)OC(C)C)OCCSC(=O)C(C)(C)C. The first-order valence-electron chi connectivity index (χ1n) is 13.7. The van der Waals surface area contributed by atoms with Crippen LogP contribution in [0.15, 0.2) is 27.0 Å². The van der Waals surface area contributed by atoms with Crippen LogP contribution >= 0.6 is 19.5 Å². The molecule has 2 rings (SSSR count). The average molecular weight is 663 g/mol. The number of nitrogens with zero attached hydrogens (tertiary/aromatic N) is 4. The first-order chi connectivity index (χ1) is 20.5. The van der Waals surface area contributed by atoms with Crippen molar-refractivity contribution in [1.29, 1.82) is 0 Å². The van der Waals surface area contributed by atoms with Crippen LogP contribution in [0.4, 0.5) is 0 Å². The van der Waals surface area contributed by atoms with E-state index in [1.165, 1.54) is 13.8 Å². The molecule has 1 aromatic heterocycles. The van der Waals surface area contributed by atoms with Crippen molar-refractivity contribution in [2.45, 2.75) is 79.0 Å². The van der Waals surface area contributed by atoms with Crippen molar-refractivity contribution in [3.8, 4) is 0 Å². The van der Waals surface area contributed by atoms with Crippen molar-refractivity contribution in [2.24, 2.45) is 16.4 Å². The van der Waals surface area contributed by atoms with E-state index in [0.29, 0.717) is 0 Å². The highest BCUT2D eigenvalue weighted by Crippen LogP contribution is 2.46. The van der Waals surface area contributed by atoms with E-state index < -0.39 is 79.4 Å². The Morgan fingerprint density at radius 2 is 1.91 bits per heavy atom. The minimum Gasteiger partial charge on any atom is -0.465 e. The number of azide groups is 1. The van der Waals surface area contributed by atoms with Crippen molar-refractivity contribution >= 4 is 36.6 Å². The molecule has 0 bridgehead atoms. The van der Waals surface area contributed by atoms with Crippen LogP contribution in [-0.2, 0) is 42.2 Å². The summed E-state index contributed by atoms with van der Waals surface area (Å²) in [6, 6.07) is -1.21. The number of esters is 2. The lowest BCUT2D eigenvalue weighted by atomic mass is 9.97. The van der Waals surface area contributed by atoms with Gasteiger partial charge in [0.15, 0.2) is 5.12 Å². The van der Waals surface area contributed by atoms with E-state index in [4.69, 9.17) is 23.3 Å². The molecule has 0 amide bonds. The minimum atomic E-state index is -4.32. The molecule has 246 valence electrons. The molecule has 17 nitrogen and oxygen atoms in total. The summed E-state index contributed by atoms with van der Waals surface area (Å²) >= 11 is 0.980. The predicted molar refractivity (Wildman–Crippen MR) is 159 cm³/mol. The number of ether oxygens (including phenoxy) is 3. The molecule has 0 aromatic carbocycles. The number of aromatic amines is 1. The smallest absolute Gasteiger partial charge is 0.406 e. The van der Waals surface area contributed by atoms with Crippen LogP contribution in [-0.4, -0.2) is 76.5 Å². The number of nitrogens with one attached hydrogen (secondary N) is 2. The lowest BCUT2D eigenvalue weighted by Crippen LogP contribution is -2.37. The Morgan fingerprint density at radius 3 is 2.48 bits per heavy atom. The van der Waals surface area contributed by atoms with Gasteiger partial charge in [0.2, 0.25) is 0 Å². The molecule has 1 fully saturated rings. The molecule has 19 heteroatoms. The topological polar surface area (TPSA) is 230 Å². The predicted octanol–water partition coefficient (Wildman–Crippen LogP) is 2.67. The molecule has 44 heavy (non-hydrogen) atoms. The molecule has 1 unspecified atom stereocenters. The highest BCUT2D eigenvalue weighted by molar-refractivity contribution is 8.13. The number of hydrogen-bond acceptors (Lipinski definition) is 13. The zero-order chi connectivity index (χ0) is 33.2. The van der Waals surface area contributed by atoms with Gasteiger partial charge in [-0.05, 0) is 26.3 Å². The summed E-state index contributed by atoms with van der Waals surface area (Å²) in [5.74, 6) is -2.16. The number of thioether (sulfide) groups is 1. The van der Waals surface area contributed by atoms with Gasteiger partial charge in [0.1, 0.15) is 12.3 Å². The van der Waals surface area contributed by atoms with Gasteiger partial charge in [0.25, 0.3) is 5.56 Å². The Balaban J connectivity index is 2.33. The molecule has 1 saturated heterocycles. The molecular weight excluding hydrogens is 623 g/mol. The van der Waals surface area contributed by atoms with Gasteiger partial charge in [-0.25, -0.2) is 14.4 Å². The Bertz CT molecular complexity index is 1390. The number of carbonyl (C=O) groups is 3. The summed E-state index contributed by atoms with van der Waals surface area (Å²) in [6.07, 6.45) is -1.67. The third-order valence-corrected chi connectivity index (χ3v) is 8.93. The van der Waals surface area contributed by atoms with E-state index in [1.807, 2.05) is 0 Å². The molecule has 0 saturated carbocycles. The maximum Gasteiger partial charge on any atom is 0.406 e. The maximum absolute atomic E-state index is 13.9. The van der Waals surface area contributed by atoms with E-state index in [1.54, 1.807) is 34.6 Å². The Kier molecular flexibility index (Phi) is 13.8. The first-order valence-corrected chi connectivity index (χ1v) is 16.2. The second kappa shape index (κ2) is 16.4. The highest BCUT2D eigenvalue weighted by atomic mass is 32.2. The average Bonchev–Trinajstić information content (AvgIpc) is 3.24. The number of hydrogen-bond donors (Lipinski definition) is 2. The van der Waals surface area contributed by atoms with Gasteiger partial charge in [-0.2, -0.15) is 0 Å². The van der Waals surface area contributed by atoms with Gasteiger partial charge < -0.3 is 14.2 Å². The van der Waals surface area contributed by atoms with Crippen LogP contribution in [0.1, 0.15) is 54.7 Å². The van der Waals surface area contributed by atoms with Crippen LogP contribution in [0.5, 0.6) is 0 Å². The second-order valence-electron chi connectivity index (χ2n) is 11.1. The van der Waals surface area contributed by atoms with Crippen molar-refractivity contribution in [3.63, 3.8) is 0 Å². The van der Waals surface area contributed by atoms with Gasteiger partial charge in [0, 0.05) is 41.2 Å². The Hall–Kier alpha value is -2.98. The Labute approximate surface area is 257 Å². The zero-order valence-corrected chi connectivity index (χ0v) is 27.3. The molecule has 0 radical (unpaired) electrons. The van der Waals surface area contributed by atoms with E-state index in [0.717, 1.165) is 28.6 Å². The number of rotatable bonds is 15. The minimum absolute atomic E-state index is 0.112. The largest absolute Gasteiger partial charge is 0.465 e. The number of aromatic nitrogens is 2. The van der Waals surface area contributed by atoms with Crippen molar-refractivity contribution in [1.82, 2.24) is 14.6 Å². The third kappa shape index (κ3) is 11.2. The van der Waals surface area contributed by atoms with E-state index >= 15 is 0 Å². The summed E-state index contributed by atoms with van der Waals surface area (Å²) < 4.78 is 42.4. The normalized spacial score (nSPS) is 22.1.